The normalized spacial score (nSPS) is 20.3. The van der Waals surface area contributed by atoms with Crippen LogP contribution in [0, 0.1) is 6.92 Å². The number of halogens is 1. The van der Waals surface area contributed by atoms with Gasteiger partial charge >= 0.3 is 0 Å². The fourth-order valence-corrected chi connectivity index (χ4v) is 4.31. The summed E-state index contributed by atoms with van der Waals surface area (Å²) in [7, 11) is 0. The molecule has 5 rings (SSSR count). The highest BCUT2D eigenvalue weighted by Gasteiger charge is 2.38. The van der Waals surface area contributed by atoms with Crippen molar-refractivity contribution in [3.63, 3.8) is 0 Å². The highest BCUT2D eigenvalue weighted by atomic mass is 19.1. The Kier molecular flexibility index (Phi) is 4.76. The first kappa shape index (κ1) is 19.4. The number of hydrogen-bond donors (Lipinski definition) is 0. The van der Waals surface area contributed by atoms with Crippen molar-refractivity contribution >= 4 is 17.5 Å². The summed E-state index contributed by atoms with van der Waals surface area (Å²) in [4.78, 5) is 32.8. The SMILES string of the molecule is Cc1ncoc1C(=O)N1C[C@@H](F)C[C@H]1Cn1cc(C(=O)N2CCc3ccccc32)nn1. The number of anilines is 1. The van der Waals surface area contributed by atoms with E-state index in [1.807, 2.05) is 24.3 Å². The van der Waals surface area contributed by atoms with E-state index in [9.17, 15) is 14.0 Å². The molecule has 0 spiro atoms. The molecule has 1 aromatic carbocycles. The molecule has 10 heteroatoms. The third-order valence-corrected chi connectivity index (χ3v) is 5.85. The van der Waals surface area contributed by atoms with Crippen LogP contribution < -0.4 is 4.90 Å². The molecule has 3 aromatic rings. The van der Waals surface area contributed by atoms with Crippen molar-refractivity contribution in [1.82, 2.24) is 24.9 Å². The molecule has 0 saturated carbocycles. The van der Waals surface area contributed by atoms with Gasteiger partial charge in [-0.15, -0.1) is 5.10 Å². The van der Waals surface area contributed by atoms with Crippen molar-refractivity contribution < 1.29 is 18.4 Å². The predicted octanol–water partition coefficient (Wildman–Crippen LogP) is 2.03. The number of fused-ring (bicyclic) bond motifs is 1. The highest BCUT2D eigenvalue weighted by Crippen LogP contribution is 2.29. The fourth-order valence-electron chi connectivity index (χ4n) is 4.31. The maximum atomic E-state index is 14.2. The number of carbonyl (C=O) groups is 2. The molecule has 1 fully saturated rings. The van der Waals surface area contributed by atoms with Crippen LogP contribution in [-0.4, -0.2) is 62.0 Å². The number of nitrogens with zero attached hydrogens (tertiary/aromatic N) is 6. The minimum atomic E-state index is -1.14. The molecule has 2 aliphatic heterocycles. The van der Waals surface area contributed by atoms with Gasteiger partial charge in [0.05, 0.1) is 31.0 Å². The van der Waals surface area contributed by atoms with Gasteiger partial charge < -0.3 is 14.2 Å². The number of hydrogen-bond acceptors (Lipinski definition) is 6. The minimum absolute atomic E-state index is 0.0192. The fraction of sp³-hybridized carbons (Fsp3) is 0.381. The summed E-state index contributed by atoms with van der Waals surface area (Å²) in [5.41, 5.74) is 2.69. The van der Waals surface area contributed by atoms with Crippen molar-refractivity contribution in [2.45, 2.75) is 38.5 Å². The van der Waals surface area contributed by atoms with Crippen LogP contribution in [0.2, 0.25) is 0 Å². The number of carbonyl (C=O) groups excluding carboxylic acids is 2. The maximum Gasteiger partial charge on any atom is 0.291 e. The zero-order valence-corrected chi connectivity index (χ0v) is 16.9. The van der Waals surface area contributed by atoms with Crippen molar-refractivity contribution in [3.05, 3.63) is 59.6 Å². The topological polar surface area (TPSA) is 97.4 Å². The van der Waals surface area contributed by atoms with Gasteiger partial charge in [0, 0.05) is 18.7 Å². The Morgan fingerprint density at radius 3 is 2.90 bits per heavy atom. The number of benzene rings is 1. The summed E-state index contributed by atoms with van der Waals surface area (Å²) in [6.07, 6.45) is 2.60. The monoisotopic (exact) mass is 424 g/mol. The quantitative estimate of drug-likeness (QED) is 0.636. The first-order valence-corrected chi connectivity index (χ1v) is 10.2. The molecule has 0 bridgehead atoms. The van der Waals surface area contributed by atoms with Gasteiger partial charge in [0.2, 0.25) is 5.76 Å². The van der Waals surface area contributed by atoms with E-state index in [1.165, 1.54) is 16.0 Å². The Morgan fingerprint density at radius 1 is 1.26 bits per heavy atom. The summed E-state index contributed by atoms with van der Waals surface area (Å²) in [6.45, 7) is 2.47. The summed E-state index contributed by atoms with van der Waals surface area (Å²) in [5, 5.41) is 8.07. The van der Waals surface area contributed by atoms with Crippen LogP contribution in [0.1, 0.15) is 38.7 Å². The van der Waals surface area contributed by atoms with E-state index in [0.717, 1.165) is 17.7 Å². The van der Waals surface area contributed by atoms with Gasteiger partial charge in [-0.3, -0.25) is 9.59 Å². The van der Waals surface area contributed by atoms with E-state index in [4.69, 9.17) is 4.42 Å². The first-order valence-electron chi connectivity index (χ1n) is 10.2. The molecule has 160 valence electrons. The third-order valence-electron chi connectivity index (χ3n) is 5.85. The van der Waals surface area contributed by atoms with Crippen LogP contribution >= 0.6 is 0 Å². The number of aromatic nitrogens is 4. The second kappa shape index (κ2) is 7.60. The van der Waals surface area contributed by atoms with E-state index in [1.54, 1.807) is 18.0 Å². The number of oxazole rings is 1. The van der Waals surface area contributed by atoms with Crippen molar-refractivity contribution in [2.24, 2.45) is 0 Å². The Morgan fingerprint density at radius 2 is 2.10 bits per heavy atom. The molecule has 31 heavy (non-hydrogen) atoms. The van der Waals surface area contributed by atoms with Crippen molar-refractivity contribution in [3.8, 4) is 0 Å². The molecule has 1 saturated heterocycles. The largest absolute Gasteiger partial charge is 0.438 e. The Balaban J connectivity index is 1.31. The summed E-state index contributed by atoms with van der Waals surface area (Å²) >= 11 is 0. The molecule has 0 radical (unpaired) electrons. The standard InChI is InChI=1S/C21H21FN6O3/c1-13-19(31-12-23-13)21(30)28-9-15(22)8-16(28)10-26-11-17(24-25-26)20(29)27-7-6-14-4-2-3-5-18(14)27/h2-5,11-12,15-16H,6-10H2,1H3/t15-,16-/m0/s1. The van der Waals surface area contributed by atoms with Gasteiger partial charge in [-0.1, -0.05) is 23.4 Å². The van der Waals surface area contributed by atoms with E-state index in [2.05, 4.69) is 15.3 Å². The van der Waals surface area contributed by atoms with E-state index in [0.29, 0.717) is 12.2 Å². The molecule has 9 nitrogen and oxygen atoms in total. The third kappa shape index (κ3) is 3.47. The highest BCUT2D eigenvalue weighted by molar-refractivity contribution is 6.05. The van der Waals surface area contributed by atoms with Crippen LogP contribution in [0.25, 0.3) is 0 Å². The van der Waals surface area contributed by atoms with Crippen LogP contribution in [0.5, 0.6) is 0 Å². The van der Waals surface area contributed by atoms with Crippen molar-refractivity contribution in [2.75, 3.05) is 18.0 Å². The average Bonchev–Trinajstić information content (AvgIpc) is 3.54. The van der Waals surface area contributed by atoms with Crippen LogP contribution in [0.4, 0.5) is 10.1 Å². The minimum Gasteiger partial charge on any atom is -0.438 e. The number of likely N-dealkylation sites (tertiary alicyclic amines) is 1. The zero-order valence-electron chi connectivity index (χ0n) is 16.9. The summed E-state index contributed by atoms with van der Waals surface area (Å²) < 4.78 is 20.8. The van der Waals surface area contributed by atoms with Crippen molar-refractivity contribution in [1.29, 1.82) is 0 Å². The maximum absolute atomic E-state index is 14.2. The number of para-hydroxylation sites is 1. The van der Waals surface area contributed by atoms with Crippen LogP contribution in [-0.2, 0) is 13.0 Å². The second-order valence-electron chi connectivity index (χ2n) is 7.87. The van der Waals surface area contributed by atoms with Gasteiger partial charge in [-0.25, -0.2) is 14.1 Å². The van der Waals surface area contributed by atoms with Gasteiger partial charge in [0.1, 0.15) is 6.17 Å². The molecule has 2 aliphatic rings. The number of amides is 2. The zero-order chi connectivity index (χ0) is 21.5. The van der Waals surface area contributed by atoms with Crippen LogP contribution in [0.15, 0.2) is 41.3 Å². The molecule has 2 amide bonds. The van der Waals surface area contributed by atoms with E-state index >= 15 is 0 Å². The number of rotatable bonds is 4. The Labute approximate surface area is 177 Å². The molecule has 2 atom stereocenters. The Bertz CT molecular complexity index is 1140. The number of aryl methyl sites for hydroxylation is 1. The summed E-state index contributed by atoms with van der Waals surface area (Å²) in [5.74, 6) is -0.511. The first-order chi connectivity index (χ1) is 15.0. The lowest BCUT2D eigenvalue weighted by atomic mass is 10.2. The summed E-state index contributed by atoms with van der Waals surface area (Å²) in [6, 6.07) is 7.35. The van der Waals surface area contributed by atoms with Gasteiger partial charge in [-0.05, 0) is 25.0 Å². The van der Waals surface area contributed by atoms with E-state index in [-0.39, 0.29) is 36.9 Å². The lowest BCUT2D eigenvalue weighted by molar-refractivity contribution is 0.0681. The molecule has 0 aliphatic carbocycles. The van der Waals surface area contributed by atoms with Crippen LogP contribution in [0.3, 0.4) is 0 Å². The predicted molar refractivity (Wildman–Crippen MR) is 107 cm³/mol. The molecule has 0 N–H and O–H groups in total. The average molecular weight is 424 g/mol. The van der Waals surface area contributed by atoms with Gasteiger partial charge in [-0.2, -0.15) is 0 Å². The molecule has 2 aromatic heterocycles. The molecular weight excluding hydrogens is 403 g/mol. The lowest BCUT2D eigenvalue weighted by Crippen LogP contribution is -2.38. The molecule has 4 heterocycles. The van der Waals surface area contributed by atoms with Gasteiger partial charge in [0.15, 0.2) is 12.1 Å². The number of alkyl halides is 1. The lowest BCUT2D eigenvalue weighted by Gasteiger charge is -2.23. The molecular formula is C21H21FN6O3. The van der Waals surface area contributed by atoms with E-state index < -0.39 is 18.1 Å². The Hall–Kier alpha value is -3.56. The smallest absolute Gasteiger partial charge is 0.291 e. The van der Waals surface area contributed by atoms with Gasteiger partial charge in [0.25, 0.3) is 11.8 Å². The second-order valence-corrected chi connectivity index (χ2v) is 7.87. The molecule has 0 unspecified atom stereocenters.